The number of hydrogen-bond donors (Lipinski definition) is 1. The molecule has 0 aliphatic carbocycles. The van der Waals surface area contributed by atoms with Crippen LogP contribution < -0.4 is 29.3 Å². The van der Waals surface area contributed by atoms with Crippen LogP contribution in [0, 0.1) is 0 Å². The Kier molecular flexibility index (Phi) is 6.60. The summed E-state index contributed by atoms with van der Waals surface area (Å²) in [6.45, 7) is 5.05. The summed E-state index contributed by atoms with van der Waals surface area (Å²) in [7, 11) is 0. The fourth-order valence-corrected chi connectivity index (χ4v) is 1.23. The maximum Gasteiger partial charge on any atom is 1.00 e. The topological polar surface area (TPSA) is 91.3 Å². The van der Waals surface area contributed by atoms with Gasteiger partial charge in [-0.05, 0) is 32.9 Å². The number of carbonyl (C=O) groups excluding carboxylic acids is 2. The Labute approximate surface area is 123 Å². The van der Waals surface area contributed by atoms with Crippen LogP contribution >= 0.6 is 0 Å². The SMILES string of the molecule is CC(C)(C)OC(=O)NC(C(=O)[O-])c1ccccn1.[Li+]. The van der Waals surface area contributed by atoms with E-state index in [2.05, 4.69) is 10.3 Å². The number of carbonyl (C=O) groups is 2. The van der Waals surface area contributed by atoms with Gasteiger partial charge in [0.25, 0.3) is 0 Å². The van der Waals surface area contributed by atoms with E-state index < -0.39 is 23.7 Å². The Morgan fingerprint density at radius 3 is 2.42 bits per heavy atom. The van der Waals surface area contributed by atoms with Gasteiger partial charge in [0.1, 0.15) is 11.6 Å². The van der Waals surface area contributed by atoms with E-state index in [-0.39, 0.29) is 24.6 Å². The predicted octanol–water partition coefficient (Wildman–Crippen LogP) is -2.60. The third-order valence-electron chi connectivity index (χ3n) is 1.88. The number of pyridine rings is 1. The summed E-state index contributed by atoms with van der Waals surface area (Å²) in [5, 5.41) is 13.2. The molecule has 1 heterocycles. The van der Waals surface area contributed by atoms with Gasteiger partial charge in [-0.3, -0.25) is 4.98 Å². The molecule has 19 heavy (non-hydrogen) atoms. The molecule has 0 aromatic carbocycles. The first-order chi connectivity index (χ1) is 8.29. The average molecular weight is 258 g/mol. The summed E-state index contributed by atoms with van der Waals surface area (Å²) in [6, 6.07) is 3.41. The number of rotatable bonds is 3. The molecule has 0 aliphatic rings. The zero-order chi connectivity index (χ0) is 13.8. The standard InChI is InChI=1S/C12H16N2O4.Li/c1-12(2,3)18-11(17)14-9(10(15)16)8-6-4-5-7-13-8;/h4-7,9H,1-3H3,(H,14,17)(H,15,16);/q;+1/p-1. The number of aliphatic carboxylic acids is 1. The largest absolute Gasteiger partial charge is 1.00 e. The molecule has 1 amide bonds. The number of carboxylic acids is 1. The van der Waals surface area contributed by atoms with Crippen LogP contribution in [0.2, 0.25) is 0 Å². The first-order valence-electron chi connectivity index (χ1n) is 5.41. The van der Waals surface area contributed by atoms with Crippen LogP contribution in [0.15, 0.2) is 24.4 Å². The summed E-state index contributed by atoms with van der Waals surface area (Å²) < 4.78 is 4.97. The van der Waals surface area contributed by atoms with E-state index in [1.807, 2.05) is 0 Å². The quantitative estimate of drug-likeness (QED) is 0.600. The Balaban J connectivity index is 0.00000324. The normalized spacial score (nSPS) is 11.9. The number of nitrogens with zero attached hydrogens (tertiary/aromatic N) is 1. The minimum Gasteiger partial charge on any atom is -0.547 e. The first kappa shape index (κ1) is 17.5. The van der Waals surface area contributed by atoms with E-state index in [9.17, 15) is 14.7 Å². The molecule has 1 aromatic rings. The molecule has 7 heteroatoms. The van der Waals surface area contributed by atoms with E-state index in [4.69, 9.17) is 4.74 Å². The second-order valence-corrected chi connectivity index (χ2v) is 4.65. The van der Waals surface area contributed by atoms with Crippen molar-refractivity contribution in [1.29, 1.82) is 0 Å². The average Bonchev–Trinajstić information content (AvgIpc) is 2.24. The van der Waals surface area contributed by atoms with Crippen molar-refractivity contribution < 1.29 is 38.3 Å². The number of nitrogens with one attached hydrogen (secondary N) is 1. The predicted molar refractivity (Wildman–Crippen MR) is 61.4 cm³/mol. The first-order valence-corrected chi connectivity index (χ1v) is 5.41. The Bertz CT molecular complexity index is 431. The monoisotopic (exact) mass is 258 g/mol. The Hall–Kier alpha value is -1.51. The van der Waals surface area contributed by atoms with E-state index in [0.717, 1.165) is 0 Å². The Morgan fingerprint density at radius 2 is 2.00 bits per heavy atom. The van der Waals surface area contributed by atoms with Gasteiger partial charge in [-0.2, -0.15) is 0 Å². The number of amides is 1. The van der Waals surface area contributed by atoms with E-state index >= 15 is 0 Å². The molecule has 0 saturated carbocycles. The molecule has 0 radical (unpaired) electrons. The molecular formula is C12H15LiN2O4. The molecular weight excluding hydrogens is 243 g/mol. The fraction of sp³-hybridized carbons (Fsp3) is 0.417. The van der Waals surface area contributed by atoms with Crippen molar-refractivity contribution in [1.82, 2.24) is 10.3 Å². The molecule has 0 saturated heterocycles. The van der Waals surface area contributed by atoms with Crippen molar-refractivity contribution in [2.75, 3.05) is 0 Å². The number of ether oxygens (including phenoxy) is 1. The van der Waals surface area contributed by atoms with Crippen LogP contribution in [0.25, 0.3) is 0 Å². The van der Waals surface area contributed by atoms with Gasteiger partial charge in [-0.1, -0.05) is 6.07 Å². The molecule has 98 valence electrons. The maximum atomic E-state index is 11.5. The van der Waals surface area contributed by atoms with Crippen molar-refractivity contribution in [2.45, 2.75) is 32.4 Å². The van der Waals surface area contributed by atoms with Crippen molar-refractivity contribution in [2.24, 2.45) is 0 Å². The third kappa shape index (κ3) is 6.27. The molecule has 1 rings (SSSR count). The molecule has 1 unspecified atom stereocenters. The zero-order valence-corrected chi connectivity index (χ0v) is 11.5. The van der Waals surface area contributed by atoms with Gasteiger partial charge in [0.05, 0.1) is 11.7 Å². The summed E-state index contributed by atoms with van der Waals surface area (Å²) in [5.41, 5.74) is -0.520. The van der Waals surface area contributed by atoms with E-state index in [0.29, 0.717) is 0 Å². The number of aromatic nitrogens is 1. The van der Waals surface area contributed by atoms with Gasteiger partial charge >= 0.3 is 25.0 Å². The number of alkyl carbamates (subject to hydrolysis) is 1. The van der Waals surface area contributed by atoms with Crippen molar-refractivity contribution in [3.63, 3.8) is 0 Å². The summed E-state index contributed by atoms with van der Waals surface area (Å²) >= 11 is 0. The molecule has 1 N–H and O–H groups in total. The van der Waals surface area contributed by atoms with E-state index in [1.165, 1.54) is 12.3 Å². The Morgan fingerprint density at radius 1 is 1.37 bits per heavy atom. The van der Waals surface area contributed by atoms with Gasteiger partial charge in [0.2, 0.25) is 0 Å². The number of hydrogen-bond acceptors (Lipinski definition) is 5. The van der Waals surface area contributed by atoms with Crippen LogP contribution in [0.5, 0.6) is 0 Å². The molecule has 0 spiro atoms. The van der Waals surface area contributed by atoms with Crippen LogP contribution in [0.4, 0.5) is 4.79 Å². The summed E-state index contributed by atoms with van der Waals surface area (Å²) in [4.78, 5) is 26.3. The molecule has 0 fully saturated rings. The second kappa shape index (κ2) is 7.17. The molecule has 1 aromatic heterocycles. The van der Waals surface area contributed by atoms with Crippen LogP contribution in [0.1, 0.15) is 32.5 Å². The number of carboxylic acid groups (broad SMARTS) is 1. The minimum atomic E-state index is -1.44. The summed E-state index contributed by atoms with van der Waals surface area (Å²) in [6.07, 6.45) is 0.601. The van der Waals surface area contributed by atoms with Gasteiger partial charge in [-0.15, -0.1) is 0 Å². The van der Waals surface area contributed by atoms with Crippen LogP contribution in [-0.4, -0.2) is 22.6 Å². The zero-order valence-electron chi connectivity index (χ0n) is 11.5. The van der Waals surface area contributed by atoms with E-state index in [1.54, 1.807) is 32.9 Å². The van der Waals surface area contributed by atoms with Crippen LogP contribution in [0.3, 0.4) is 0 Å². The van der Waals surface area contributed by atoms with Crippen molar-refractivity contribution >= 4 is 12.1 Å². The second-order valence-electron chi connectivity index (χ2n) is 4.65. The molecule has 1 atom stereocenters. The smallest absolute Gasteiger partial charge is 0.547 e. The molecule has 0 aliphatic heterocycles. The summed E-state index contributed by atoms with van der Waals surface area (Å²) in [5.74, 6) is -1.44. The van der Waals surface area contributed by atoms with Gasteiger partial charge in [0, 0.05) is 6.20 Å². The van der Waals surface area contributed by atoms with Gasteiger partial charge in [0.15, 0.2) is 0 Å². The van der Waals surface area contributed by atoms with Gasteiger partial charge in [-0.25, -0.2) is 4.79 Å². The molecule has 0 bridgehead atoms. The molecule has 6 nitrogen and oxygen atoms in total. The maximum absolute atomic E-state index is 11.5. The van der Waals surface area contributed by atoms with Crippen LogP contribution in [-0.2, 0) is 9.53 Å². The van der Waals surface area contributed by atoms with Crippen molar-refractivity contribution in [3.8, 4) is 0 Å². The third-order valence-corrected chi connectivity index (χ3v) is 1.88. The van der Waals surface area contributed by atoms with Gasteiger partial charge < -0.3 is 20.0 Å². The minimum absolute atomic E-state index is 0. The fourth-order valence-electron chi connectivity index (χ4n) is 1.23. The van der Waals surface area contributed by atoms with Crippen molar-refractivity contribution in [3.05, 3.63) is 30.1 Å².